The largest absolute Gasteiger partial charge is 0.394 e. The molecule has 56 nitrogen and oxygen atoms in total. The molecule has 0 aromatic rings. The fourth-order valence-electron chi connectivity index (χ4n) is 16.4. The SMILES string of the molecule is CC(=O)N[C@@H]1[C@@H](O)[C@H](O[C@@H]2O[C@H](CO)[C@@H](O[C@@H]3O[C@H](CO[C@H]4O[C@H](CO)[C@@H](O)[C@@H](O)[C@@H]4O)[C@@H](O)[C@H](O[C@H]4O[C@H](CO)[C@@H](O[C@@H]5O[C@H](CO)[C@@H](O[C@@H]6O[C@H](CO)[C@H](O)[C@H](O[C@H]7O[C@H](CO)[C@H](O)[C@H](O)[C@H]7O)[C@H]6O)[C@H](O)[C@H]5NC(C)=O)[C@H](O)[C@@H]4O[C@@H]4O[C@H](CO)[C@@H](O[C@@H]5O[C@H](CO)[C@H](O)[C@H](O)[C@H]5NC(C)=O)[C@H](O)[C@H]4NC(C)=O)[C@@H]3O)[C@H](O)[C@H]2NC(C)=O)[C@@H](CO)O[C@H]1O. The van der Waals surface area contributed by atoms with Gasteiger partial charge >= 0.3 is 0 Å². The minimum absolute atomic E-state index is 0.799. The first-order valence-electron chi connectivity index (χ1n) is 40.1. The molecule has 0 aromatic carbocycles. The number of aliphatic hydroxyl groups excluding tert-OH is 27. The molecule has 10 heterocycles. The van der Waals surface area contributed by atoms with Gasteiger partial charge in [-0.3, -0.25) is 24.0 Å². The summed E-state index contributed by atoms with van der Waals surface area (Å²) < 4.78 is 114. The highest BCUT2D eigenvalue weighted by molar-refractivity contribution is 5.75. The molecule has 10 saturated heterocycles. The lowest BCUT2D eigenvalue weighted by Gasteiger charge is -2.52. The topological polar surface area (TPSA) is 867 Å². The Kier molecular flexibility index (Phi) is 37.4. The van der Waals surface area contributed by atoms with Gasteiger partial charge in [0.25, 0.3) is 0 Å². The van der Waals surface area contributed by atoms with Crippen LogP contribution < -0.4 is 26.6 Å². The number of hydrogen-bond donors (Lipinski definition) is 32. The van der Waals surface area contributed by atoms with Crippen molar-refractivity contribution in [2.45, 2.75) is 341 Å². The van der Waals surface area contributed by atoms with Crippen molar-refractivity contribution in [3.63, 3.8) is 0 Å². The zero-order valence-electron chi connectivity index (χ0n) is 67.8. The molecule has 0 unspecified atom stereocenters. The summed E-state index contributed by atoms with van der Waals surface area (Å²) >= 11 is 0. The minimum atomic E-state index is -2.66. The smallest absolute Gasteiger partial charge is 0.217 e. The van der Waals surface area contributed by atoms with Crippen LogP contribution in [0, 0.1) is 0 Å². The summed E-state index contributed by atoms with van der Waals surface area (Å²) in [7, 11) is 0. The molecule has 32 N–H and O–H groups in total. The second-order valence-corrected chi connectivity index (χ2v) is 31.7. The molecule has 0 saturated carbocycles. The quantitative estimate of drug-likeness (QED) is 0.0290. The summed E-state index contributed by atoms with van der Waals surface area (Å²) in [5.74, 6) is -4.69. The van der Waals surface area contributed by atoms with E-state index in [9.17, 15) is 162 Å². The van der Waals surface area contributed by atoms with Crippen LogP contribution in [0.1, 0.15) is 34.6 Å². The summed E-state index contributed by atoms with van der Waals surface area (Å²) in [6.07, 6.45) is -95.9. The Balaban J connectivity index is 1.02. The number of hydrogen-bond acceptors (Lipinski definition) is 51. The van der Waals surface area contributed by atoms with Crippen LogP contribution in [0.2, 0.25) is 0 Å². The van der Waals surface area contributed by atoms with Crippen LogP contribution in [0.5, 0.6) is 0 Å². The van der Waals surface area contributed by atoms with E-state index in [1.807, 2.05) is 0 Å². The number of amides is 5. The van der Waals surface area contributed by atoms with E-state index in [2.05, 4.69) is 26.6 Å². The van der Waals surface area contributed by atoms with E-state index in [-0.39, 0.29) is 0 Å². The fourth-order valence-corrected chi connectivity index (χ4v) is 16.4. The molecule has 0 bridgehead atoms. The van der Waals surface area contributed by atoms with Crippen LogP contribution in [0.25, 0.3) is 0 Å². The standard InChI is InChI=1S/C70H117N5O51/c1-16(85)71-31-42(96)53(25(10-80)109-61(31)107)119-63-33(73-18(3)87)44(98)56(28(13-83)114-63)123-69-52(106)59(40(94)30(118-69)15-108-66-48(102)46(100)37(91)22(7-77)111-66)125-70-60(126-65-35(75-20(5)89)43(97)54(26(11-81)116-65)120-62-32(72-17(2)86)41(95)36(90)21(6-76)110-62)50(104)57(29(14-84)117-70)121-64-34(74-19(4)88)45(99)55(27(12-82)115-64)122-68-51(105)58(39(93)24(9-79)113-68)124-67-49(103)47(101)38(92)23(8-78)112-67/h21-70,76-84,90-107H,6-15H2,1-5H3,(H,71,85)(H,72,86)(H,73,87)(H,74,88)(H,75,89)/t21-,22-,23-,24-,25-,26-,27-,28-,29-,30-,31-,32-,33-,34-,35-,36+,37-,38+,39+,40-,41-,42-,43-,44-,45-,46-,47+,48+,49-,50+,51-,52+,53-,54-,55-,56-,57-,58+,59+,60+,61-,62+,63+,64+,65+,66+,67-,68+,69+,70-/m1/s1. The zero-order chi connectivity index (χ0) is 92.8. The number of carbonyl (C=O) groups is 5. The number of carbonyl (C=O) groups excluding carboxylic acids is 5. The van der Waals surface area contributed by atoms with E-state index in [4.69, 9.17) is 90.0 Å². The fraction of sp³-hybridized carbons (Fsp3) is 0.929. The maximum Gasteiger partial charge on any atom is 0.217 e. The summed E-state index contributed by atoms with van der Waals surface area (Å²) in [5, 5.41) is 315. The highest BCUT2D eigenvalue weighted by Crippen LogP contribution is 2.42. The molecule has 10 aliphatic heterocycles. The molecule has 126 heavy (non-hydrogen) atoms. The predicted octanol–water partition coefficient (Wildman–Crippen LogP) is -22.1. The van der Waals surface area contributed by atoms with Crippen molar-refractivity contribution in [1.82, 2.24) is 26.6 Å². The summed E-state index contributed by atoms with van der Waals surface area (Å²) in [4.78, 5) is 64.5. The van der Waals surface area contributed by atoms with Crippen LogP contribution in [0.15, 0.2) is 0 Å². The van der Waals surface area contributed by atoms with Crippen molar-refractivity contribution < 1.29 is 252 Å². The Morgan fingerprint density at radius 2 is 0.437 bits per heavy atom. The third-order valence-electron chi connectivity index (χ3n) is 22.9. The molecular weight excluding hydrogens is 1730 g/mol. The first kappa shape index (κ1) is 104. The van der Waals surface area contributed by atoms with Gasteiger partial charge in [-0.15, -0.1) is 0 Å². The van der Waals surface area contributed by atoms with E-state index in [0.29, 0.717) is 0 Å². The number of nitrogens with one attached hydrogen (secondary N) is 5. The van der Waals surface area contributed by atoms with Crippen LogP contribution in [0.3, 0.4) is 0 Å². The molecule has 0 aromatic heterocycles. The zero-order valence-corrected chi connectivity index (χ0v) is 67.8. The van der Waals surface area contributed by atoms with E-state index >= 15 is 0 Å². The van der Waals surface area contributed by atoms with Gasteiger partial charge in [0.2, 0.25) is 29.5 Å². The lowest BCUT2D eigenvalue weighted by Crippen LogP contribution is -2.72. The predicted molar refractivity (Wildman–Crippen MR) is 388 cm³/mol. The maximum atomic E-state index is 13.4. The van der Waals surface area contributed by atoms with Crippen molar-refractivity contribution in [1.29, 1.82) is 0 Å². The van der Waals surface area contributed by atoms with Crippen molar-refractivity contribution in [2.24, 2.45) is 0 Å². The average Bonchev–Trinajstić information content (AvgIpc) is 0.764. The number of rotatable bonds is 33. The third-order valence-corrected chi connectivity index (χ3v) is 22.9. The monoisotopic (exact) mass is 1840 g/mol. The molecule has 5 amide bonds. The van der Waals surface area contributed by atoms with Gasteiger partial charge in [-0.05, 0) is 0 Å². The second kappa shape index (κ2) is 45.5. The lowest BCUT2D eigenvalue weighted by molar-refractivity contribution is -0.406. The molecule has 10 rings (SSSR count). The highest BCUT2D eigenvalue weighted by Gasteiger charge is 2.63. The normalized spacial score (nSPS) is 48.4. The average molecular weight is 1840 g/mol. The summed E-state index contributed by atoms with van der Waals surface area (Å²) in [6.45, 7) is -6.65. The van der Waals surface area contributed by atoms with Gasteiger partial charge in [0.1, 0.15) is 244 Å². The van der Waals surface area contributed by atoms with Gasteiger partial charge in [0.15, 0.2) is 62.9 Å². The van der Waals surface area contributed by atoms with Crippen molar-refractivity contribution in [2.75, 3.05) is 66.1 Å². The third kappa shape index (κ3) is 22.9. The van der Waals surface area contributed by atoms with Crippen LogP contribution >= 0.6 is 0 Å². The van der Waals surface area contributed by atoms with Crippen LogP contribution in [-0.4, -0.2) is 540 Å². The second-order valence-electron chi connectivity index (χ2n) is 31.7. The van der Waals surface area contributed by atoms with Crippen molar-refractivity contribution in [3.8, 4) is 0 Å². The molecular formula is C70H117N5O51. The molecule has 0 radical (unpaired) electrons. The first-order valence-corrected chi connectivity index (χ1v) is 40.1. The Morgan fingerprint density at radius 1 is 0.206 bits per heavy atom. The van der Waals surface area contributed by atoms with Gasteiger partial charge in [-0.1, -0.05) is 0 Å². The minimum Gasteiger partial charge on any atom is -0.394 e. The van der Waals surface area contributed by atoms with Crippen LogP contribution in [-0.2, 0) is 114 Å². The summed E-state index contributed by atoms with van der Waals surface area (Å²) in [5.41, 5.74) is 0. The van der Waals surface area contributed by atoms with Gasteiger partial charge in [0, 0.05) is 34.6 Å². The Bertz CT molecular complexity index is 3440. The summed E-state index contributed by atoms with van der Waals surface area (Å²) in [6, 6.07) is -9.56. The van der Waals surface area contributed by atoms with E-state index < -0.39 is 402 Å². The van der Waals surface area contributed by atoms with Gasteiger partial charge in [0.05, 0.1) is 66.1 Å². The van der Waals surface area contributed by atoms with Gasteiger partial charge < -0.3 is 254 Å². The lowest BCUT2D eigenvalue weighted by atomic mass is 9.93. The van der Waals surface area contributed by atoms with Gasteiger partial charge in [-0.2, -0.15) is 0 Å². The van der Waals surface area contributed by atoms with Gasteiger partial charge in [-0.25, -0.2) is 0 Å². The molecule has 0 spiro atoms. The van der Waals surface area contributed by atoms with Crippen molar-refractivity contribution in [3.05, 3.63) is 0 Å². The molecule has 728 valence electrons. The number of ether oxygens (including phenoxy) is 19. The molecule has 56 heteroatoms. The highest BCUT2D eigenvalue weighted by atomic mass is 16.8. The number of aliphatic hydroxyl groups is 27. The van der Waals surface area contributed by atoms with Crippen LogP contribution in [0.4, 0.5) is 0 Å². The first-order chi connectivity index (χ1) is 59.6. The van der Waals surface area contributed by atoms with E-state index in [1.165, 1.54) is 0 Å². The maximum absolute atomic E-state index is 13.4. The van der Waals surface area contributed by atoms with E-state index in [1.54, 1.807) is 0 Å². The Labute approximate surface area is 713 Å². The molecule has 10 aliphatic rings. The Morgan fingerprint density at radius 3 is 0.802 bits per heavy atom. The molecule has 50 atom stereocenters. The van der Waals surface area contributed by atoms with Crippen molar-refractivity contribution >= 4 is 29.5 Å². The Hall–Kier alpha value is -4.49. The van der Waals surface area contributed by atoms with E-state index in [0.717, 1.165) is 34.6 Å². The molecule has 10 fully saturated rings. The molecule has 0 aliphatic carbocycles.